The van der Waals surface area contributed by atoms with Crippen LogP contribution < -0.4 is 5.73 Å². The van der Waals surface area contributed by atoms with E-state index in [1.807, 2.05) is 19.1 Å². The maximum atomic E-state index is 8.63. The van der Waals surface area contributed by atoms with E-state index in [1.165, 1.54) is 0 Å². The fraction of sp³-hybridized carbons (Fsp3) is 0.0833. The average molecular weight is 263 g/mol. The van der Waals surface area contributed by atoms with Crippen molar-refractivity contribution in [3.63, 3.8) is 0 Å². The molecular formula is C12H11ClN4O. The molecule has 0 atom stereocenters. The maximum absolute atomic E-state index is 8.63. The van der Waals surface area contributed by atoms with Crippen molar-refractivity contribution in [2.45, 2.75) is 6.92 Å². The molecule has 0 unspecified atom stereocenters. The highest BCUT2D eigenvalue weighted by Crippen LogP contribution is 2.25. The van der Waals surface area contributed by atoms with Gasteiger partial charge < -0.3 is 10.9 Å². The van der Waals surface area contributed by atoms with Crippen LogP contribution in [0, 0.1) is 6.92 Å². The number of benzene rings is 1. The largest absolute Gasteiger partial charge is 0.409 e. The van der Waals surface area contributed by atoms with Crippen molar-refractivity contribution in [3.05, 3.63) is 46.7 Å². The van der Waals surface area contributed by atoms with Crippen LogP contribution in [-0.4, -0.2) is 21.0 Å². The molecule has 92 valence electrons. The van der Waals surface area contributed by atoms with E-state index in [-0.39, 0.29) is 5.84 Å². The molecule has 18 heavy (non-hydrogen) atoms. The van der Waals surface area contributed by atoms with Crippen molar-refractivity contribution < 1.29 is 5.21 Å². The van der Waals surface area contributed by atoms with Gasteiger partial charge in [0.2, 0.25) is 0 Å². The van der Waals surface area contributed by atoms with Crippen LogP contribution >= 0.6 is 11.6 Å². The number of aromatic nitrogens is 2. The van der Waals surface area contributed by atoms with Gasteiger partial charge in [0, 0.05) is 16.8 Å². The van der Waals surface area contributed by atoms with Crippen molar-refractivity contribution >= 4 is 17.4 Å². The molecule has 3 N–H and O–H groups in total. The smallest absolute Gasteiger partial charge is 0.188 e. The van der Waals surface area contributed by atoms with Crippen LogP contribution in [0.3, 0.4) is 0 Å². The number of nitrogens with two attached hydrogens (primary N) is 1. The Bertz CT molecular complexity index is 613. The molecule has 6 heteroatoms. The molecule has 0 radical (unpaired) electrons. The number of rotatable bonds is 2. The van der Waals surface area contributed by atoms with E-state index in [0.717, 1.165) is 11.1 Å². The summed E-state index contributed by atoms with van der Waals surface area (Å²) in [7, 11) is 0. The van der Waals surface area contributed by atoms with E-state index in [9.17, 15) is 0 Å². The molecule has 2 rings (SSSR count). The van der Waals surface area contributed by atoms with Gasteiger partial charge in [-0.25, -0.2) is 9.97 Å². The number of hydrogen-bond donors (Lipinski definition) is 2. The summed E-state index contributed by atoms with van der Waals surface area (Å²) in [5, 5.41) is 12.2. The first-order chi connectivity index (χ1) is 8.63. The number of halogens is 1. The van der Waals surface area contributed by atoms with E-state index in [1.54, 1.807) is 18.3 Å². The maximum Gasteiger partial charge on any atom is 0.188 e. The van der Waals surface area contributed by atoms with Crippen molar-refractivity contribution in [3.8, 4) is 11.4 Å². The number of hydrogen-bond acceptors (Lipinski definition) is 4. The Kier molecular flexibility index (Phi) is 3.43. The van der Waals surface area contributed by atoms with E-state index in [4.69, 9.17) is 22.5 Å². The molecule has 1 aromatic carbocycles. The quantitative estimate of drug-likeness (QED) is 0.376. The van der Waals surface area contributed by atoms with Crippen LogP contribution in [0.2, 0.25) is 5.02 Å². The van der Waals surface area contributed by atoms with Gasteiger partial charge in [-0.05, 0) is 24.6 Å². The first kappa shape index (κ1) is 12.3. The second kappa shape index (κ2) is 5.01. The molecule has 0 amide bonds. The molecule has 0 aliphatic carbocycles. The van der Waals surface area contributed by atoms with Crippen LogP contribution in [-0.2, 0) is 0 Å². The minimum atomic E-state index is -0.0571. The Labute approximate surface area is 109 Å². The van der Waals surface area contributed by atoms with Crippen molar-refractivity contribution in [2.24, 2.45) is 10.9 Å². The summed E-state index contributed by atoms with van der Waals surface area (Å²) in [6.45, 7) is 1.89. The van der Waals surface area contributed by atoms with Crippen molar-refractivity contribution in [1.29, 1.82) is 0 Å². The topological polar surface area (TPSA) is 84.4 Å². The van der Waals surface area contributed by atoms with Gasteiger partial charge in [-0.1, -0.05) is 28.9 Å². The van der Waals surface area contributed by atoms with Gasteiger partial charge in [-0.2, -0.15) is 0 Å². The molecule has 0 saturated carbocycles. The van der Waals surface area contributed by atoms with Gasteiger partial charge in [-0.15, -0.1) is 0 Å². The zero-order valence-electron chi connectivity index (χ0n) is 9.63. The van der Waals surface area contributed by atoms with Crippen LogP contribution in [0.15, 0.2) is 35.6 Å². The Morgan fingerprint density at radius 2 is 2.17 bits per heavy atom. The third-order valence-electron chi connectivity index (χ3n) is 2.53. The molecule has 1 heterocycles. The molecule has 2 aromatic rings. The highest BCUT2D eigenvalue weighted by molar-refractivity contribution is 6.31. The highest BCUT2D eigenvalue weighted by Gasteiger charge is 2.09. The lowest BCUT2D eigenvalue weighted by Crippen LogP contribution is -2.15. The zero-order chi connectivity index (χ0) is 13.1. The van der Waals surface area contributed by atoms with Crippen molar-refractivity contribution in [2.75, 3.05) is 0 Å². The standard InChI is InChI=1S/C12H11ClN4O/c1-7-8(3-2-4-9(7)13)12-15-6-5-10(16-12)11(14)17-18/h2-6,18H,1H3,(H2,14,17). The molecule has 0 spiro atoms. The Balaban J connectivity index is 2.55. The number of nitrogens with zero attached hydrogens (tertiary/aromatic N) is 3. The van der Waals surface area contributed by atoms with Crippen LogP contribution in [0.25, 0.3) is 11.4 Å². The van der Waals surface area contributed by atoms with E-state index >= 15 is 0 Å². The molecule has 0 bridgehead atoms. The van der Waals surface area contributed by atoms with Gasteiger partial charge in [0.1, 0.15) is 5.69 Å². The Hall–Kier alpha value is -2.14. The summed E-state index contributed by atoms with van der Waals surface area (Å²) in [5.74, 6) is 0.428. The fourth-order valence-corrected chi connectivity index (χ4v) is 1.71. The fourth-order valence-electron chi connectivity index (χ4n) is 1.53. The third-order valence-corrected chi connectivity index (χ3v) is 2.94. The van der Waals surface area contributed by atoms with Crippen LogP contribution in [0.1, 0.15) is 11.3 Å². The Morgan fingerprint density at radius 1 is 1.39 bits per heavy atom. The van der Waals surface area contributed by atoms with Crippen LogP contribution in [0.4, 0.5) is 0 Å². The lowest BCUT2D eigenvalue weighted by atomic mass is 10.1. The van der Waals surface area contributed by atoms with Gasteiger partial charge in [0.25, 0.3) is 0 Å². The first-order valence-corrected chi connectivity index (χ1v) is 5.57. The predicted molar refractivity (Wildman–Crippen MR) is 69.7 cm³/mol. The van der Waals surface area contributed by atoms with Gasteiger partial charge in [0.05, 0.1) is 0 Å². The minimum absolute atomic E-state index is 0.0571. The molecule has 0 aliphatic heterocycles. The average Bonchev–Trinajstić information content (AvgIpc) is 2.41. The minimum Gasteiger partial charge on any atom is -0.409 e. The lowest BCUT2D eigenvalue weighted by Gasteiger charge is -2.07. The normalized spacial score (nSPS) is 11.6. The predicted octanol–water partition coefficient (Wildman–Crippen LogP) is 2.20. The second-order valence-electron chi connectivity index (χ2n) is 3.66. The summed E-state index contributed by atoms with van der Waals surface area (Å²) in [4.78, 5) is 8.40. The van der Waals surface area contributed by atoms with Crippen molar-refractivity contribution in [1.82, 2.24) is 9.97 Å². The van der Waals surface area contributed by atoms with Gasteiger partial charge in [0.15, 0.2) is 11.7 Å². The molecule has 5 nitrogen and oxygen atoms in total. The van der Waals surface area contributed by atoms with Gasteiger partial charge >= 0.3 is 0 Å². The van der Waals surface area contributed by atoms with Gasteiger partial charge in [-0.3, -0.25) is 0 Å². The second-order valence-corrected chi connectivity index (χ2v) is 4.07. The molecule has 0 fully saturated rings. The summed E-state index contributed by atoms with van der Waals surface area (Å²) in [6.07, 6.45) is 1.55. The Morgan fingerprint density at radius 3 is 2.89 bits per heavy atom. The number of amidine groups is 1. The van der Waals surface area contributed by atoms with E-state index in [2.05, 4.69) is 15.1 Å². The summed E-state index contributed by atoms with van der Waals surface area (Å²) in [6, 6.07) is 7.06. The first-order valence-electron chi connectivity index (χ1n) is 5.20. The molecule has 1 aromatic heterocycles. The summed E-state index contributed by atoms with van der Waals surface area (Å²) in [5.41, 5.74) is 7.56. The summed E-state index contributed by atoms with van der Waals surface area (Å²) >= 11 is 6.05. The zero-order valence-corrected chi connectivity index (χ0v) is 10.4. The molecular weight excluding hydrogens is 252 g/mol. The lowest BCUT2D eigenvalue weighted by molar-refractivity contribution is 0.318. The van der Waals surface area contributed by atoms with E-state index in [0.29, 0.717) is 16.5 Å². The van der Waals surface area contributed by atoms with E-state index < -0.39 is 0 Å². The molecule has 0 saturated heterocycles. The monoisotopic (exact) mass is 262 g/mol. The summed E-state index contributed by atoms with van der Waals surface area (Å²) < 4.78 is 0. The number of oxime groups is 1. The van der Waals surface area contributed by atoms with Crippen LogP contribution in [0.5, 0.6) is 0 Å². The third kappa shape index (κ3) is 2.26. The highest BCUT2D eigenvalue weighted by atomic mass is 35.5. The SMILES string of the molecule is Cc1c(Cl)cccc1-c1nccc(/C(N)=N/O)n1. The molecule has 0 aliphatic rings.